The van der Waals surface area contributed by atoms with Gasteiger partial charge in [0.05, 0.1) is 28.0 Å². The summed E-state index contributed by atoms with van der Waals surface area (Å²) in [6.45, 7) is -0.817. The molecule has 0 spiro atoms. The van der Waals surface area contributed by atoms with Crippen molar-refractivity contribution in [1.82, 2.24) is 9.62 Å². The van der Waals surface area contributed by atoms with E-state index in [9.17, 15) is 18.0 Å². The fourth-order valence-corrected chi connectivity index (χ4v) is 3.31. The first-order valence-corrected chi connectivity index (χ1v) is 7.28. The lowest BCUT2D eigenvalue weighted by atomic mass is 10.4. The number of sulfonamides is 1. The minimum atomic E-state index is -3.96. The first-order valence-electron chi connectivity index (χ1n) is 5.08. The third kappa shape index (κ3) is 2.89. The van der Waals surface area contributed by atoms with E-state index in [1.54, 1.807) is 0 Å². The number of hydrogen-bond acceptors (Lipinski definition) is 4. The second-order valence-corrected chi connectivity index (χ2v) is 6.57. The van der Waals surface area contributed by atoms with Gasteiger partial charge in [-0.25, -0.2) is 8.42 Å². The minimum Gasteiger partial charge on any atom is -0.294 e. The molecular weight excluding hydrogens is 315 g/mol. The van der Waals surface area contributed by atoms with E-state index in [0.717, 1.165) is 4.31 Å². The van der Waals surface area contributed by atoms with Crippen LogP contribution in [0.1, 0.15) is 0 Å². The second-order valence-electron chi connectivity index (χ2n) is 3.82. The highest BCUT2D eigenvalue weighted by Gasteiger charge is 2.33. The Morgan fingerprint density at radius 2 is 1.63 bits per heavy atom. The first-order chi connectivity index (χ1) is 8.80. The van der Waals surface area contributed by atoms with Crippen molar-refractivity contribution in [1.29, 1.82) is 0 Å². The van der Waals surface area contributed by atoms with Gasteiger partial charge in [-0.15, -0.1) is 0 Å². The fraction of sp³-hybridized carbons (Fsp3) is 0.200. The molecule has 0 aromatic heterocycles. The molecule has 0 aliphatic carbocycles. The largest absolute Gasteiger partial charge is 0.294 e. The first kappa shape index (κ1) is 14.3. The zero-order chi connectivity index (χ0) is 14.2. The molecule has 0 unspecified atom stereocenters. The summed E-state index contributed by atoms with van der Waals surface area (Å²) in [4.78, 5) is 22.3. The van der Waals surface area contributed by atoms with Crippen molar-refractivity contribution in [2.45, 2.75) is 4.90 Å². The molecule has 0 saturated carbocycles. The van der Waals surface area contributed by atoms with Crippen LogP contribution in [-0.4, -0.2) is 37.6 Å². The summed E-state index contributed by atoms with van der Waals surface area (Å²) >= 11 is 11.5. The Kier molecular flexibility index (Phi) is 3.82. The maximum absolute atomic E-state index is 12.2. The van der Waals surface area contributed by atoms with Gasteiger partial charge in [-0.2, -0.15) is 4.31 Å². The van der Waals surface area contributed by atoms with Gasteiger partial charge in [-0.1, -0.05) is 23.2 Å². The van der Waals surface area contributed by atoms with Gasteiger partial charge in [-0.05, 0) is 18.2 Å². The van der Waals surface area contributed by atoms with Crippen LogP contribution in [0.5, 0.6) is 0 Å². The van der Waals surface area contributed by atoms with Crippen molar-refractivity contribution in [3.63, 3.8) is 0 Å². The van der Waals surface area contributed by atoms with Crippen LogP contribution in [0.15, 0.2) is 23.1 Å². The van der Waals surface area contributed by atoms with Crippen molar-refractivity contribution in [3.8, 4) is 0 Å². The zero-order valence-electron chi connectivity index (χ0n) is 9.39. The molecule has 0 atom stereocenters. The van der Waals surface area contributed by atoms with E-state index in [2.05, 4.69) is 0 Å². The van der Waals surface area contributed by atoms with Gasteiger partial charge in [0.1, 0.15) is 0 Å². The molecule has 2 rings (SSSR count). The van der Waals surface area contributed by atoms with Gasteiger partial charge in [0.15, 0.2) is 0 Å². The molecule has 19 heavy (non-hydrogen) atoms. The van der Waals surface area contributed by atoms with Gasteiger partial charge in [-0.3, -0.25) is 14.9 Å². The second kappa shape index (κ2) is 5.09. The third-order valence-corrected chi connectivity index (χ3v) is 4.97. The predicted molar refractivity (Wildman–Crippen MR) is 68.4 cm³/mol. The zero-order valence-corrected chi connectivity index (χ0v) is 11.7. The van der Waals surface area contributed by atoms with E-state index in [1.165, 1.54) is 18.2 Å². The van der Waals surface area contributed by atoms with Crippen LogP contribution in [-0.2, 0) is 19.6 Å². The highest BCUT2D eigenvalue weighted by molar-refractivity contribution is 7.89. The van der Waals surface area contributed by atoms with Gasteiger partial charge < -0.3 is 0 Å². The molecule has 1 N–H and O–H groups in total. The Morgan fingerprint density at radius 1 is 1.05 bits per heavy atom. The molecule has 1 fully saturated rings. The van der Waals surface area contributed by atoms with Gasteiger partial charge in [0.25, 0.3) is 0 Å². The Bertz CT molecular complexity index is 643. The average Bonchev–Trinajstić information content (AvgIpc) is 2.31. The highest BCUT2D eigenvalue weighted by Crippen LogP contribution is 2.26. The van der Waals surface area contributed by atoms with Crippen LogP contribution in [0.25, 0.3) is 0 Å². The maximum atomic E-state index is 12.2. The SMILES string of the molecule is O=C1CN(S(=O)(=O)c2ccc(Cl)c(Cl)c2)CC(=O)N1. The summed E-state index contributed by atoms with van der Waals surface area (Å²) in [6, 6.07) is 3.78. The van der Waals surface area contributed by atoms with E-state index in [1.807, 2.05) is 5.32 Å². The molecule has 9 heteroatoms. The Labute approximate surface area is 119 Å². The smallest absolute Gasteiger partial charge is 0.244 e. The monoisotopic (exact) mass is 322 g/mol. The van der Waals surface area contributed by atoms with Crippen LogP contribution < -0.4 is 5.32 Å². The predicted octanol–water partition coefficient (Wildman–Crippen LogP) is 0.640. The standard InChI is InChI=1S/C10H8Cl2N2O4S/c11-7-2-1-6(3-8(7)12)19(17,18)14-4-9(15)13-10(16)5-14/h1-3H,4-5H2,(H,13,15,16). The summed E-state index contributed by atoms with van der Waals surface area (Å²) in [6.07, 6.45) is 0. The van der Waals surface area contributed by atoms with Gasteiger partial charge in [0.2, 0.25) is 21.8 Å². The van der Waals surface area contributed by atoms with Crippen molar-refractivity contribution in [3.05, 3.63) is 28.2 Å². The molecule has 0 bridgehead atoms. The molecule has 0 radical (unpaired) electrons. The number of amides is 2. The summed E-state index contributed by atoms with van der Waals surface area (Å²) in [7, 11) is -3.96. The quantitative estimate of drug-likeness (QED) is 0.810. The molecule has 1 saturated heterocycles. The van der Waals surface area contributed by atoms with E-state index in [4.69, 9.17) is 23.2 Å². The number of carbonyl (C=O) groups is 2. The van der Waals surface area contributed by atoms with Crippen LogP contribution in [0.4, 0.5) is 0 Å². The van der Waals surface area contributed by atoms with Gasteiger partial charge in [0, 0.05) is 0 Å². The molecule has 2 amide bonds. The lowest BCUT2D eigenvalue weighted by Crippen LogP contribution is -2.53. The molecule has 1 heterocycles. The van der Waals surface area contributed by atoms with Crippen LogP contribution in [0.2, 0.25) is 10.0 Å². The Balaban J connectivity index is 2.39. The fourth-order valence-electron chi connectivity index (χ4n) is 1.57. The molecule has 1 aromatic rings. The van der Waals surface area contributed by atoms with Gasteiger partial charge >= 0.3 is 0 Å². The number of nitrogens with one attached hydrogen (secondary N) is 1. The highest BCUT2D eigenvalue weighted by atomic mass is 35.5. The molecular formula is C10H8Cl2N2O4S. The van der Waals surface area contributed by atoms with Crippen molar-refractivity contribution in [2.24, 2.45) is 0 Å². The van der Waals surface area contributed by atoms with Crippen molar-refractivity contribution < 1.29 is 18.0 Å². The van der Waals surface area contributed by atoms with Crippen LogP contribution in [0.3, 0.4) is 0 Å². The normalized spacial score (nSPS) is 17.4. The topological polar surface area (TPSA) is 83.6 Å². The summed E-state index contributed by atoms with van der Waals surface area (Å²) in [5, 5.41) is 2.32. The average molecular weight is 323 g/mol. The Morgan fingerprint density at radius 3 is 2.16 bits per heavy atom. The number of hydrogen-bond donors (Lipinski definition) is 1. The number of halogens is 2. The van der Waals surface area contributed by atoms with E-state index < -0.39 is 34.9 Å². The number of benzene rings is 1. The number of piperazine rings is 1. The molecule has 1 aliphatic heterocycles. The van der Waals surface area contributed by atoms with Crippen molar-refractivity contribution in [2.75, 3.05) is 13.1 Å². The lowest BCUT2D eigenvalue weighted by molar-refractivity contribution is -0.134. The van der Waals surface area contributed by atoms with E-state index >= 15 is 0 Å². The lowest BCUT2D eigenvalue weighted by Gasteiger charge is -2.24. The molecule has 102 valence electrons. The number of rotatable bonds is 2. The van der Waals surface area contributed by atoms with E-state index in [0.29, 0.717) is 0 Å². The Hall–Kier alpha value is -1.15. The molecule has 1 aromatic carbocycles. The van der Waals surface area contributed by atoms with Crippen LogP contribution in [0, 0.1) is 0 Å². The maximum Gasteiger partial charge on any atom is 0.244 e. The number of imide groups is 1. The molecule has 6 nitrogen and oxygen atoms in total. The number of carbonyl (C=O) groups excluding carboxylic acids is 2. The summed E-state index contributed by atoms with van der Waals surface area (Å²) in [5.74, 6) is -1.33. The molecule has 1 aliphatic rings. The van der Waals surface area contributed by atoms with Crippen molar-refractivity contribution >= 4 is 45.0 Å². The van der Waals surface area contributed by atoms with E-state index in [-0.39, 0.29) is 14.9 Å². The number of nitrogens with zero attached hydrogens (tertiary/aromatic N) is 1. The summed E-state index contributed by atoms with van der Waals surface area (Å²) in [5.41, 5.74) is 0. The minimum absolute atomic E-state index is 0.0792. The summed E-state index contributed by atoms with van der Waals surface area (Å²) < 4.78 is 25.3. The third-order valence-electron chi connectivity index (χ3n) is 2.45. The van der Waals surface area contributed by atoms with Crippen LogP contribution >= 0.6 is 23.2 Å².